The van der Waals surface area contributed by atoms with Gasteiger partial charge in [-0.05, 0) is 216 Å². The van der Waals surface area contributed by atoms with E-state index in [0.29, 0.717) is 98.1 Å². The molecule has 0 radical (unpaired) electrons. The third-order valence-electron chi connectivity index (χ3n) is 16.9. The van der Waals surface area contributed by atoms with E-state index in [1.165, 1.54) is 0 Å². The molecule has 0 saturated heterocycles. The fourth-order valence-electron chi connectivity index (χ4n) is 11.9. The molecule has 0 saturated carbocycles. The van der Waals surface area contributed by atoms with Gasteiger partial charge >= 0.3 is 0 Å². The summed E-state index contributed by atoms with van der Waals surface area (Å²) in [6.45, 7) is 1.27. The molecule has 0 bridgehead atoms. The van der Waals surface area contributed by atoms with Gasteiger partial charge < -0.3 is 37.9 Å². The molecule has 8 aromatic carbocycles. The van der Waals surface area contributed by atoms with Crippen LogP contribution in [0.5, 0.6) is 46.0 Å². The molecule has 0 fully saturated rings. The zero-order valence-electron chi connectivity index (χ0n) is 51.8. The van der Waals surface area contributed by atoms with E-state index in [1.54, 1.807) is 40.8 Å². The van der Waals surface area contributed by atoms with Gasteiger partial charge in [-0.3, -0.25) is 19.9 Å². The van der Waals surface area contributed by atoms with Gasteiger partial charge in [0.15, 0.2) is 46.0 Å². The molecule has 12 heteroatoms. The Morgan fingerprint density at radius 2 is 0.489 bits per heavy atom. The second-order valence-corrected chi connectivity index (χ2v) is 22.6. The molecule has 0 amide bonds. The van der Waals surface area contributed by atoms with Crippen LogP contribution in [-0.4, -0.2) is 48.4 Å². The highest BCUT2D eigenvalue weighted by molar-refractivity contribution is 5.67. The van der Waals surface area contributed by atoms with Gasteiger partial charge in [-0.2, -0.15) is 0 Å². The second-order valence-electron chi connectivity index (χ2n) is 22.6. The Kier molecular flexibility index (Phi) is 18.2. The molecule has 0 atom stereocenters. The second kappa shape index (κ2) is 28.1. The van der Waals surface area contributed by atoms with E-state index in [0.717, 1.165) is 111 Å². The highest BCUT2D eigenvalue weighted by atomic mass is 16.5. The minimum Gasteiger partial charge on any atom is -0.493 e. The van der Waals surface area contributed by atoms with Crippen LogP contribution in [0.15, 0.2) is 244 Å². The molecular weight excluding hydrogens is 1140 g/mol. The number of hydrogen-bond acceptors (Lipinski definition) is 12. The van der Waals surface area contributed by atoms with Gasteiger partial charge in [-0.1, -0.05) is 103 Å². The molecule has 0 unspecified atom stereocenters. The van der Waals surface area contributed by atoms with Crippen molar-refractivity contribution in [1.29, 1.82) is 0 Å². The molecule has 0 spiro atoms. The van der Waals surface area contributed by atoms with Gasteiger partial charge in [0.05, 0.1) is 28.4 Å². The fraction of sp³-hybridized carbons (Fsp3) is 0.150. The van der Waals surface area contributed by atoms with Crippen molar-refractivity contribution >= 4 is 0 Å². The molecule has 4 aromatic heterocycles. The molecule has 1 aliphatic carbocycles. The number of nitrogens with zero attached hydrogens (tertiary/aromatic N) is 4. The third kappa shape index (κ3) is 13.8. The number of benzene rings is 8. The first-order chi connectivity index (χ1) is 45.3. The maximum Gasteiger partial charge on any atom is 0.164 e. The number of fused-ring (bicyclic) bond motifs is 4. The van der Waals surface area contributed by atoms with Crippen molar-refractivity contribution < 1.29 is 37.9 Å². The van der Waals surface area contributed by atoms with Gasteiger partial charge in [0, 0.05) is 61.6 Å². The molecule has 12 nitrogen and oxygen atoms in total. The number of rotatable bonds is 20. The van der Waals surface area contributed by atoms with Crippen molar-refractivity contribution in [2.24, 2.45) is 0 Å². The van der Waals surface area contributed by atoms with Crippen molar-refractivity contribution in [1.82, 2.24) is 19.9 Å². The largest absolute Gasteiger partial charge is 0.493 e. The minimum atomic E-state index is 0.311. The first-order valence-electron chi connectivity index (χ1n) is 30.6. The summed E-state index contributed by atoms with van der Waals surface area (Å²) in [5, 5.41) is 0. The maximum absolute atomic E-state index is 6.81. The summed E-state index contributed by atoms with van der Waals surface area (Å²) in [6.07, 6.45) is 16.4. The number of methoxy groups -OCH3 is 4. The van der Waals surface area contributed by atoms with E-state index < -0.39 is 0 Å². The fourth-order valence-corrected chi connectivity index (χ4v) is 11.9. The van der Waals surface area contributed by atoms with Crippen molar-refractivity contribution in [3.05, 3.63) is 310 Å². The van der Waals surface area contributed by atoms with Gasteiger partial charge in [-0.25, -0.2) is 0 Å². The summed E-state index contributed by atoms with van der Waals surface area (Å²) in [6, 6.07) is 66.8. The number of pyridine rings is 4. The zero-order valence-corrected chi connectivity index (χ0v) is 51.8. The van der Waals surface area contributed by atoms with Crippen molar-refractivity contribution in [2.45, 2.75) is 52.1 Å². The first kappa shape index (κ1) is 59.7. The van der Waals surface area contributed by atoms with E-state index in [-0.39, 0.29) is 0 Å². The van der Waals surface area contributed by atoms with Crippen LogP contribution < -0.4 is 37.9 Å². The third-order valence-corrected chi connectivity index (χ3v) is 16.9. The molecule has 13 rings (SSSR count). The van der Waals surface area contributed by atoms with Gasteiger partial charge in [0.1, 0.15) is 26.4 Å². The topological polar surface area (TPSA) is 125 Å². The van der Waals surface area contributed by atoms with Crippen LogP contribution in [0.25, 0.3) is 44.5 Å². The Morgan fingerprint density at radius 3 is 0.772 bits per heavy atom. The molecule has 0 aliphatic heterocycles. The summed E-state index contributed by atoms with van der Waals surface area (Å²) in [7, 11) is 6.81. The van der Waals surface area contributed by atoms with E-state index in [4.69, 9.17) is 37.9 Å². The summed E-state index contributed by atoms with van der Waals surface area (Å²) in [5.74, 6) is 4.97. The summed E-state index contributed by atoms with van der Waals surface area (Å²) in [4.78, 5) is 16.8. The molecule has 92 heavy (non-hydrogen) atoms. The van der Waals surface area contributed by atoms with Crippen molar-refractivity contribution in [3.8, 4) is 90.5 Å². The molecule has 0 N–H and O–H groups in total. The Labute approximate surface area is 536 Å². The normalized spacial score (nSPS) is 11.7. The van der Waals surface area contributed by atoms with E-state index >= 15 is 0 Å². The van der Waals surface area contributed by atoms with Crippen LogP contribution in [0.3, 0.4) is 0 Å². The van der Waals surface area contributed by atoms with Crippen LogP contribution in [0.2, 0.25) is 0 Å². The molecule has 12 aromatic rings. The van der Waals surface area contributed by atoms with Gasteiger partial charge in [-0.15, -0.1) is 0 Å². The van der Waals surface area contributed by atoms with E-state index in [1.807, 2.05) is 91.8 Å². The monoisotopic (exact) mass is 1210 g/mol. The van der Waals surface area contributed by atoms with Crippen LogP contribution in [0, 0.1) is 0 Å². The molecular formula is C80H68N4O8. The average molecular weight is 1210 g/mol. The predicted octanol–water partition coefficient (Wildman–Crippen LogP) is 17.0. The van der Waals surface area contributed by atoms with Gasteiger partial charge in [0.25, 0.3) is 0 Å². The van der Waals surface area contributed by atoms with Crippen LogP contribution in [0.1, 0.15) is 66.8 Å². The predicted molar refractivity (Wildman–Crippen MR) is 359 cm³/mol. The summed E-state index contributed by atoms with van der Waals surface area (Å²) >= 11 is 0. The highest BCUT2D eigenvalue weighted by Crippen LogP contribution is 2.44. The summed E-state index contributed by atoms with van der Waals surface area (Å²) < 4.78 is 52.5. The standard InChI is InChI=1S/C80H68N4O8/c1-85-74-43-66-39-65-21-22-73(89-49-53-5-13-57(14-6-53)61-23-31-81-32-24-61)80(88-4)72(65)42-71-48-79(92-52-56-11-19-60(20-12-56)64-29-37-84-38-30-64)76(87-3)45-68(71)41-70-47-78(91-51-55-9-17-59(18-10-55)63-27-35-83-36-28-63)75(86-2)44-67(70)40-69(66)46-77(74)90-50-54-7-15-58(16-8-54)62-25-33-82-34-26-62/h5-38,43-48H,39-42,49-52H2,1-4H3. The van der Waals surface area contributed by atoms with E-state index in [2.05, 4.69) is 159 Å². The molecule has 456 valence electrons. The average Bonchev–Trinajstić information content (AvgIpc) is 1.58. The van der Waals surface area contributed by atoms with Gasteiger partial charge in [0.2, 0.25) is 0 Å². The van der Waals surface area contributed by atoms with E-state index in [9.17, 15) is 0 Å². The number of aromatic nitrogens is 4. The van der Waals surface area contributed by atoms with Crippen molar-refractivity contribution in [2.75, 3.05) is 28.4 Å². The lowest BCUT2D eigenvalue weighted by Gasteiger charge is -2.24. The minimum absolute atomic E-state index is 0.311. The lowest BCUT2D eigenvalue weighted by Crippen LogP contribution is -2.11. The zero-order chi connectivity index (χ0) is 62.6. The molecule has 4 heterocycles. The lowest BCUT2D eigenvalue weighted by atomic mass is 9.85. The maximum atomic E-state index is 6.81. The Bertz CT molecular complexity index is 4460. The number of ether oxygens (including phenoxy) is 8. The summed E-state index contributed by atoms with van der Waals surface area (Å²) in [5.41, 5.74) is 21.1. The van der Waals surface area contributed by atoms with Crippen LogP contribution in [0.4, 0.5) is 0 Å². The first-order valence-corrected chi connectivity index (χ1v) is 30.6. The smallest absolute Gasteiger partial charge is 0.164 e. The quantitative estimate of drug-likeness (QED) is 0.0721. The molecule has 1 aliphatic rings. The highest BCUT2D eigenvalue weighted by Gasteiger charge is 2.25. The Balaban J connectivity index is 0.907. The van der Waals surface area contributed by atoms with Crippen LogP contribution in [-0.2, 0) is 52.1 Å². The Hall–Kier alpha value is -11.2. The van der Waals surface area contributed by atoms with Crippen molar-refractivity contribution in [3.63, 3.8) is 0 Å². The number of hydrogen-bond donors (Lipinski definition) is 0. The SMILES string of the molecule is COc1cc2c(cc1OCc1ccc(-c3ccncc3)cc1)Cc1cc(OC)c(OCc3ccc(-c4ccncc4)cc3)cc1Cc1c(ccc(OCc3ccc(-c4ccncc4)cc3)c1OC)Cc1cc(OC)c(OCc3ccc(-c4ccncc4)cc3)cc1C2. The van der Waals surface area contributed by atoms with Crippen LogP contribution >= 0.6 is 0 Å². The Morgan fingerprint density at radius 1 is 0.239 bits per heavy atom. The lowest BCUT2D eigenvalue weighted by molar-refractivity contribution is 0.282.